The molecule has 0 radical (unpaired) electrons. The Morgan fingerprint density at radius 1 is 1.21 bits per heavy atom. The fourth-order valence-corrected chi connectivity index (χ4v) is 2.14. The van der Waals surface area contributed by atoms with Gasteiger partial charge in [-0.3, -0.25) is 4.79 Å². The zero-order chi connectivity index (χ0) is 14.2. The Labute approximate surface area is 122 Å². The van der Waals surface area contributed by atoms with Gasteiger partial charge in [-0.25, -0.2) is 8.78 Å². The normalized spacial score (nSPS) is 10.6. The molecule has 2 aromatic rings. The van der Waals surface area contributed by atoms with Crippen molar-refractivity contribution in [3.8, 4) is 0 Å². The highest BCUT2D eigenvalue weighted by Crippen LogP contribution is 2.26. The van der Waals surface area contributed by atoms with Crippen LogP contribution < -0.4 is 0 Å². The molecule has 1 nitrogen and oxygen atoms in total. The highest BCUT2D eigenvalue weighted by Gasteiger charge is 2.20. The first-order chi connectivity index (χ1) is 8.91. The number of carbonyl (C=O) groups excluding carboxylic acids is 1. The summed E-state index contributed by atoms with van der Waals surface area (Å²) in [5, 5.41) is 0.418. The zero-order valence-corrected chi connectivity index (χ0v) is 12.1. The maximum Gasteiger partial charge on any atom is 0.198 e. The Hall–Kier alpha value is -1.26. The van der Waals surface area contributed by atoms with Gasteiger partial charge in [0.05, 0.1) is 10.6 Å². The smallest absolute Gasteiger partial charge is 0.198 e. The van der Waals surface area contributed by atoms with Crippen LogP contribution in [0.1, 0.15) is 21.5 Å². The van der Waals surface area contributed by atoms with Gasteiger partial charge in [-0.15, -0.1) is 0 Å². The molecular weight excluding hydrogens is 338 g/mol. The van der Waals surface area contributed by atoms with Crippen molar-refractivity contribution in [1.29, 1.82) is 0 Å². The van der Waals surface area contributed by atoms with E-state index in [0.717, 1.165) is 6.07 Å². The van der Waals surface area contributed by atoms with E-state index in [9.17, 15) is 13.6 Å². The first-order valence-corrected chi connectivity index (χ1v) is 6.53. The molecule has 0 aliphatic carbocycles. The predicted molar refractivity (Wildman–Crippen MR) is 73.7 cm³/mol. The summed E-state index contributed by atoms with van der Waals surface area (Å²) in [6, 6.07) is 6.73. The van der Waals surface area contributed by atoms with Crippen LogP contribution in [0.15, 0.2) is 34.8 Å². The van der Waals surface area contributed by atoms with E-state index in [2.05, 4.69) is 15.9 Å². The van der Waals surface area contributed by atoms with Crippen LogP contribution in [0.2, 0.25) is 5.02 Å². The standard InChI is InChI=1S/C14H8BrClF2O/c1-7-2-5-11(17)12(13(7)18)14(19)8-3-4-10(16)9(15)6-8/h2-6H,1H3. The lowest BCUT2D eigenvalue weighted by molar-refractivity contribution is 0.103. The molecule has 19 heavy (non-hydrogen) atoms. The third kappa shape index (κ3) is 2.69. The van der Waals surface area contributed by atoms with Crippen LogP contribution >= 0.6 is 27.5 Å². The maximum atomic E-state index is 13.9. The molecule has 0 saturated heterocycles. The zero-order valence-electron chi connectivity index (χ0n) is 9.81. The first-order valence-electron chi connectivity index (χ1n) is 5.36. The highest BCUT2D eigenvalue weighted by atomic mass is 79.9. The van der Waals surface area contributed by atoms with Crippen LogP contribution in [-0.2, 0) is 0 Å². The summed E-state index contributed by atoms with van der Waals surface area (Å²) in [6.45, 7) is 1.48. The number of carbonyl (C=O) groups is 1. The molecule has 98 valence electrons. The number of ketones is 1. The predicted octanol–water partition coefficient (Wildman–Crippen LogP) is 4.92. The van der Waals surface area contributed by atoms with E-state index >= 15 is 0 Å². The molecule has 0 aromatic heterocycles. The molecule has 0 bridgehead atoms. The Kier molecular flexibility index (Phi) is 4.02. The van der Waals surface area contributed by atoms with Gasteiger partial charge in [-0.05, 0) is 52.7 Å². The van der Waals surface area contributed by atoms with Crippen molar-refractivity contribution in [2.24, 2.45) is 0 Å². The summed E-state index contributed by atoms with van der Waals surface area (Å²) in [4.78, 5) is 12.2. The van der Waals surface area contributed by atoms with E-state index in [1.165, 1.54) is 31.2 Å². The number of rotatable bonds is 2. The van der Waals surface area contributed by atoms with E-state index < -0.39 is 23.0 Å². The van der Waals surface area contributed by atoms with E-state index in [1.807, 2.05) is 0 Å². The number of halogens is 4. The second-order valence-electron chi connectivity index (χ2n) is 4.01. The van der Waals surface area contributed by atoms with Gasteiger partial charge in [0.15, 0.2) is 5.78 Å². The van der Waals surface area contributed by atoms with Gasteiger partial charge < -0.3 is 0 Å². The molecule has 0 amide bonds. The van der Waals surface area contributed by atoms with E-state index in [-0.39, 0.29) is 11.1 Å². The fourth-order valence-electron chi connectivity index (χ4n) is 1.65. The molecular formula is C14H8BrClF2O. The molecule has 0 atom stereocenters. The lowest BCUT2D eigenvalue weighted by Gasteiger charge is -2.07. The van der Waals surface area contributed by atoms with Crippen LogP contribution in [0, 0.1) is 18.6 Å². The van der Waals surface area contributed by atoms with Crippen LogP contribution in [0.5, 0.6) is 0 Å². The van der Waals surface area contributed by atoms with E-state index in [1.54, 1.807) is 0 Å². The van der Waals surface area contributed by atoms with Gasteiger partial charge in [0.25, 0.3) is 0 Å². The molecule has 0 spiro atoms. The molecule has 5 heteroatoms. The van der Waals surface area contributed by atoms with Gasteiger partial charge in [0, 0.05) is 10.0 Å². The minimum atomic E-state index is -0.876. The number of benzene rings is 2. The van der Waals surface area contributed by atoms with Gasteiger partial charge in [-0.2, -0.15) is 0 Å². The molecule has 2 aromatic carbocycles. The minimum absolute atomic E-state index is 0.166. The monoisotopic (exact) mass is 344 g/mol. The molecule has 0 aliphatic rings. The highest BCUT2D eigenvalue weighted by molar-refractivity contribution is 9.10. The summed E-state index contributed by atoms with van der Waals surface area (Å²) in [5.74, 6) is -2.42. The minimum Gasteiger partial charge on any atom is -0.288 e. The average Bonchev–Trinajstić information content (AvgIpc) is 2.37. The second-order valence-corrected chi connectivity index (χ2v) is 5.27. The average molecular weight is 346 g/mol. The topological polar surface area (TPSA) is 17.1 Å². The summed E-state index contributed by atoms with van der Waals surface area (Å²) in [7, 11) is 0. The van der Waals surface area contributed by atoms with Crippen LogP contribution in [-0.4, -0.2) is 5.78 Å². The van der Waals surface area contributed by atoms with Gasteiger partial charge in [-0.1, -0.05) is 17.7 Å². The Morgan fingerprint density at radius 3 is 2.53 bits per heavy atom. The van der Waals surface area contributed by atoms with Crippen molar-refractivity contribution in [3.63, 3.8) is 0 Å². The molecule has 2 rings (SSSR count). The van der Waals surface area contributed by atoms with Crippen molar-refractivity contribution in [1.82, 2.24) is 0 Å². The summed E-state index contributed by atoms with van der Waals surface area (Å²) in [6.07, 6.45) is 0. The van der Waals surface area contributed by atoms with Crippen molar-refractivity contribution < 1.29 is 13.6 Å². The Morgan fingerprint density at radius 2 is 1.89 bits per heavy atom. The number of hydrogen-bond donors (Lipinski definition) is 0. The third-order valence-corrected chi connectivity index (χ3v) is 3.91. The molecule has 0 N–H and O–H groups in total. The molecule has 0 unspecified atom stereocenters. The second kappa shape index (κ2) is 5.39. The number of aryl methyl sites for hydroxylation is 1. The van der Waals surface area contributed by atoms with Crippen LogP contribution in [0.25, 0.3) is 0 Å². The fraction of sp³-hybridized carbons (Fsp3) is 0.0714. The molecule has 0 heterocycles. The molecule has 0 saturated carbocycles. The summed E-state index contributed by atoms with van der Waals surface area (Å²) < 4.78 is 28.0. The molecule has 0 fully saturated rings. The quantitative estimate of drug-likeness (QED) is 0.706. The van der Waals surface area contributed by atoms with Gasteiger partial charge in [0.1, 0.15) is 11.6 Å². The first kappa shape index (κ1) is 14.2. The van der Waals surface area contributed by atoms with Crippen molar-refractivity contribution in [3.05, 3.63) is 68.2 Å². The van der Waals surface area contributed by atoms with Gasteiger partial charge in [0.2, 0.25) is 0 Å². The largest absolute Gasteiger partial charge is 0.288 e. The molecule has 0 aliphatic heterocycles. The van der Waals surface area contributed by atoms with Crippen LogP contribution in [0.4, 0.5) is 8.78 Å². The summed E-state index contributed by atoms with van der Waals surface area (Å²) in [5.41, 5.74) is -0.160. The lowest BCUT2D eigenvalue weighted by atomic mass is 10.0. The maximum absolute atomic E-state index is 13.9. The summed E-state index contributed by atoms with van der Waals surface area (Å²) >= 11 is 8.98. The Bertz CT molecular complexity index is 671. The van der Waals surface area contributed by atoms with Crippen molar-refractivity contribution >= 4 is 33.3 Å². The lowest BCUT2D eigenvalue weighted by Crippen LogP contribution is -2.08. The van der Waals surface area contributed by atoms with Gasteiger partial charge >= 0.3 is 0 Å². The Balaban J connectivity index is 2.56. The van der Waals surface area contributed by atoms with Crippen molar-refractivity contribution in [2.75, 3.05) is 0 Å². The SMILES string of the molecule is Cc1ccc(F)c(C(=O)c2ccc(Cl)c(Br)c2)c1F. The van der Waals surface area contributed by atoms with Crippen LogP contribution in [0.3, 0.4) is 0 Å². The van der Waals surface area contributed by atoms with E-state index in [4.69, 9.17) is 11.6 Å². The third-order valence-electron chi connectivity index (χ3n) is 2.69. The van der Waals surface area contributed by atoms with Crippen molar-refractivity contribution in [2.45, 2.75) is 6.92 Å². The number of hydrogen-bond acceptors (Lipinski definition) is 1. The van der Waals surface area contributed by atoms with E-state index in [0.29, 0.717) is 9.50 Å².